The Labute approximate surface area is 86.0 Å². The van der Waals surface area contributed by atoms with E-state index >= 15 is 0 Å². The molecule has 1 rings (SSSR count). The maximum absolute atomic E-state index is 10.5. The standard InChI is InChI=1S/C8H13N3O2S/c1-8(2,11-7(12)13)3-6-10-4-5(9)14-6/h4,11H,3,9H2,1-2H3,(H,12,13). The number of carbonyl (C=O) groups is 1. The number of hydrogen-bond donors (Lipinski definition) is 3. The van der Waals surface area contributed by atoms with Gasteiger partial charge in [-0.2, -0.15) is 0 Å². The molecule has 4 N–H and O–H groups in total. The van der Waals surface area contributed by atoms with E-state index in [1.54, 1.807) is 20.0 Å². The van der Waals surface area contributed by atoms with Crippen LogP contribution in [0.25, 0.3) is 0 Å². The zero-order chi connectivity index (χ0) is 10.8. The van der Waals surface area contributed by atoms with Crippen molar-refractivity contribution >= 4 is 22.4 Å². The summed E-state index contributed by atoms with van der Waals surface area (Å²) >= 11 is 1.38. The molecule has 78 valence electrons. The molecule has 0 radical (unpaired) electrons. The Morgan fingerprint density at radius 3 is 2.86 bits per heavy atom. The summed E-state index contributed by atoms with van der Waals surface area (Å²) in [5.41, 5.74) is 5.00. The third-order valence-corrected chi connectivity index (χ3v) is 2.44. The maximum Gasteiger partial charge on any atom is 0.405 e. The smallest absolute Gasteiger partial charge is 0.405 e. The van der Waals surface area contributed by atoms with Gasteiger partial charge in [0.2, 0.25) is 0 Å². The summed E-state index contributed by atoms with van der Waals surface area (Å²) in [6.07, 6.45) is 1.09. The molecule has 1 amide bonds. The van der Waals surface area contributed by atoms with Crippen LogP contribution in [0.4, 0.5) is 9.80 Å². The average Bonchev–Trinajstić information content (AvgIpc) is 2.30. The highest BCUT2D eigenvalue weighted by atomic mass is 32.1. The van der Waals surface area contributed by atoms with Crippen molar-refractivity contribution in [3.05, 3.63) is 11.2 Å². The molecule has 0 saturated carbocycles. The Bertz CT molecular complexity index is 335. The fraction of sp³-hybridized carbons (Fsp3) is 0.500. The molecule has 0 aromatic carbocycles. The zero-order valence-corrected chi connectivity index (χ0v) is 8.89. The Balaban J connectivity index is 2.63. The first-order chi connectivity index (χ1) is 6.39. The van der Waals surface area contributed by atoms with Crippen LogP contribution in [0.3, 0.4) is 0 Å². The quantitative estimate of drug-likeness (QED) is 0.709. The van der Waals surface area contributed by atoms with Crippen molar-refractivity contribution in [3.8, 4) is 0 Å². The van der Waals surface area contributed by atoms with E-state index in [0.717, 1.165) is 5.01 Å². The summed E-state index contributed by atoms with van der Waals surface area (Å²) in [4.78, 5) is 14.5. The predicted molar refractivity (Wildman–Crippen MR) is 55.5 cm³/mol. The van der Waals surface area contributed by atoms with Crippen LogP contribution < -0.4 is 11.1 Å². The number of thiazole rings is 1. The first-order valence-electron chi connectivity index (χ1n) is 4.10. The van der Waals surface area contributed by atoms with Crippen LogP contribution in [0, 0.1) is 0 Å². The number of amides is 1. The first kappa shape index (κ1) is 10.8. The number of nitrogens with zero attached hydrogens (tertiary/aromatic N) is 1. The van der Waals surface area contributed by atoms with Gasteiger partial charge in [-0.3, -0.25) is 0 Å². The molecule has 1 heterocycles. The summed E-state index contributed by atoms with van der Waals surface area (Å²) in [6.45, 7) is 3.61. The van der Waals surface area contributed by atoms with Gasteiger partial charge in [0.15, 0.2) is 0 Å². The summed E-state index contributed by atoms with van der Waals surface area (Å²) in [5.74, 6) is 0. The van der Waals surface area contributed by atoms with Crippen molar-refractivity contribution in [1.82, 2.24) is 10.3 Å². The topological polar surface area (TPSA) is 88.2 Å². The minimum atomic E-state index is -1.03. The summed E-state index contributed by atoms with van der Waals surface area (Å²) in [7, 11) is 0. The monoisotopic (exact) mass is 215 g/mol. The fourth-order valence-electron chi connectivity index (χ4n) is 1.12. The summed E-state index contributed by atoms with van der Waals surface area (Å²) < 4.78 is 0. The molecule has 5 nitrogen and oxygen atoms in total. The molecule has 0 saturated heterocycles. The highest BCUT2D eigenvalue weighted by Gasteiger charge is 2.21. The van der Waals surface area contributed by atoms with Gasteiger partial charge in [0.1, 0.15) is 5.00 Å². The van der Waals surface area contributed by atoms with Crippen molar-refractivity contribution in [2.45, 2.75) is 25.8 Å². The van der Waals surface area contributed by atoms with E-state index in [0.29, 0.717) is 11.4 Å². The number of carboxylic acid groups (broad SMARTS) is 1. The van der Waals surface area contributed by atoms with Gasteiger partial charge >= 0.3 is 6.09 Å². The number of nitrogen functional groups attached to an aromatic ring is 1. The molecule has 0 bridgehead atoms. The molecule has 0 aliphatic carbocycles. The molecular formula is C8H13N3O2S. The Morgan fingerprint density at radius 1 is 1.79 bits per heavy atom. The van der Waals surface area contributed by atoms with Gasteiger partial charge in [-0.25, -0.2) is 9.78 Å². The number of hydrogen-bond acceptors (Lipinski definition) is 4. The molecule has 0 aliphatic heterocycles. The number of nitrogens with one attached hydrogen (secondary N) is 1. The van der Waals surface area contributed by atoms with Gasteiger partial charge in [0.05, 0.1) is 11.2 Å². The lowest BCUT2D eigenvalue weighted by molar-refractivity contribution is 0.182. The molecule has 14 heavy (non-hydrogen) atoms. The molecule has 6 heteroatoms. The number of nitrogens with two attached hydrogens (primary N) is 1. The van der Waals surface area contributed by atoms with Crippen LogP contribution >= 0.6 is 11.3 Å². The molecule has 0 aliphatic rings. The van der Waals surface area contributed by atoms with Crippen LogP contribution in [0.15, 0.2) is 6.20 Å². The summed E-state index contributed by atoms with van der Waals surface area (Å²) in [5, 5.41) is 12.5. The molecule has 0 spiro atoms. The second-order valence-electron chi connectivity index (χ2n) is 3.65. The lowest BCUT2D eigenvalue weighted by atomic mass is 10.0. The van der Waals surface area contributed by atoms with Gasteiger partial charge in [-0.1, -0.05) is 0 Å². The molecule has 1 aromatic rings. The van der Waals surface area contributed by atoms with E-state index in [-0.39, 0.29) is 0 Å². The highest BCUT2D eigenvalue weighted by Crippen LogP contribution is 2.19. The van der Waals surface area contributed by atoms with Crippen molar-refractivity contribution < 1.29 is 9.90 Å². The molecule has 0 unspecified atom stereocenters. The van der Waals surface area contributed by atoms with Crippen molar-refractivity contribution in [2.75, 3.05) is 5.73 Å². The Hall–Kier alpha value is -1.30. The SMILES string of the molecule is CC(C)(Cc1ncc(N)s1)NC(=O)O. The van der Waals surface area contributed by atoms with E-state index in [1.807, 2.05) is 0 Å². The largest absolute Gasteiger partial charge is 0.465 e. The van der Waals surface area contributed by atoms with Crippen molar-refractivity contribution in [1.29, 1.82) is 0 Å². The van der Waals surface area contributed by atoms with Crippen LogP contribution in [-0.2, 0) is 6.42 Å². The molecule has 0 fully saturated rings. The number of rotatable bonds is 3. The molecule has 1 aromatic heterocycles. The number of aromatic nitrogens is 1. The zero-order valence-electron chi connectivity index (χ0n) is 8.07. The van der Waals surface area contributed by atoms with Crippen molar-refractivity contribution in [3.63, 3.8) is 0 Å². The third kappa shape index (κ3) is 3.21. The van der Waals surface area contributed by atoms with Gasteiger partial charge in [-0.15, -0.1) is 11.3 Å². The predicted octanol–water partition coefficient (Wildman–Crippen LogP) is 1.31. The second kappa shape index (κ2) is 3.83. The van der Waals surface area contributed by atoms with Gasteiger partial charge in [0.25, 0.3) is 0 Å². The van der Waals surface area contributed by atoms with Crippen LogP contribution in [-0.4, -0.2) is 21.7 Å². The third-order valence-electron chi connectivity index (χ3n) is 1.61. The minimum Gasteiger partial charge on any atom is -0.465 e. The molecule has 0 atom stereocenters. The van der Waals surface area contributed by atoms with E-state index in [2.05, 4.69) is 10.3 Å². The Morgan fingerprint density at radius 2 is 2.43 bits per heavy atom. The van der Waals surface area contributed by atoms with Gasteiger partial charge in [0, 0.05) is 12.0 Å². The molecular weight excluding hydrogens is 202 g/mol. The highest BCUT2D eigenvalue weighted by molar-refractivity contribution is 7.15. The normalized spacial score (nSPS) is 11.3. The lowest BCUT2D eigenvalue weighted by Gasteiger charge is -2.22. The van der Waals surface area contributed by atoms with Gasteiger partial charge in [-0.05, 0) is 13.8 Å². The fourth-order valence-corrected chi connectivity index (χ4v) is 2.03. The van der Waals surface area contributed by atoms with Crippen molar-refractivity contribution in [2.24, 2.45) is 0 Å². The first-order valence-corrected chi connectivity index (χ1v) is 4.92. The van der Waals surface area contributed by atoms with E-state index in [4.69, 9.17) is 10.8 Å². The second-order valence-corrected chi connectivity index (χ2v) is 4.79. The lowest BCUT2D eigenvalue weighted by Crippen LogP contribution is -2.44. The Kier molecular flexibility index (Phi) is 2.95. The minimum absolute atomic E-state index is 0.518. The van der Waals surface area contributed by atoms with E-state index in [1.165, 1.54) is 11.3 Å². The van der Waals surface area contributed by atoms with Crippen LogP contribution in [0.5, 0.6) is 0 Å². The average molecular weight is 215 g/mol. The van der Waals surface area contributed by atoms with E-state index < -0.39 is 11.6 Å². The number of anilines is 1. The van der Waals surface area contributed by atoms with Crippen LogP contribution in [0.1, 0.15) is 18.9 Å². The summed E-state index contributed by atoms with van der Waals surface area (Å²) in [6, 6.07) is 0. The van der Waals surface area contributed by atoms with E-state index in [9.17, 15) is 4.79 Å². The maximum atomic E-state index is 10.5. The van der Waals surface area contributed by atoms with Crippen LogP contribution in [0.2, 0.25) is 0 Å². The van der Waals surface area contributed by atoms with Gasteiger partial charge < -0.3 is 16.2 Å².